The molecule has 1 aliphatic rings. The Kier molecular flexibility index (Phi) is 4.50. The van der Waals surface area contributed by atoms with Crippen molar-refractivity contribution in [2.24, 2.45) is 0 Å². The van der Waals surface area contributed by atoms with Crippen molar-refractivity contribution in [3.63, 3.8) is 0 Å². The molecule has 128 valence electrons. The molecule has 2 heterocycles. The Morgan fingerprint density at radius 2 is 2.16 bits per heavy atom. The third kappa shape index (κ3) is 3.72. The van der Waals surface area contributed by atoms with E-state index in [1.165, 1.54) is 23.1 Å². The zero-order chi connectivity index (χ0) is 17.2. The van der Waals surface area contributed by atoms with Crippen LogP contribution in [0.25, 0.3) is 11.3 Å². The Bertz CT molecular complexity index is 874. The molecule has 7 nitrogen and oxygen atoms in total. The van der Waals surface area contributed by atoms with Gasteiger partial charge in [0.1, 0.15) is 0 Å². The molecule has 1 atom stereocenters. The average Bonchev–Trinajstić information content (AvgIpc) is 3.19. The molecule has 0 saturated heterocycles. The Hall–Kier alpha value is -2.26. The summed E-state index contributed by atoms with van der Waals surface area (Å²) in [6.45, 7) is 1.84. The van der Waals surface area contributed by atoms with Crippen LogP contribution in [-0.4, -0.2) is 36.3 Å². The molecule has 0 radical (unpaired) electrons. The molecule has 9 heteroatoms. The number of tetrazole rings is 1. The predicted molar refractivity (Wildman–Crippen MR) is 97.6 cm³/mol. The molecule has 2 aromatic heterocycles. The highest BCUT2D eigenvalue weighted by molar-refractivity contribution is 8.00. The number of carbonyl (C=O) groups is 1. The lowest BCUT2D eigenvalue weighted by atomic mass is 10.2. The van der Waals surface area contributed by atoms with Gasteiger partial charge in [-0.15, -0.1) is 16.4 Å². The van der Waals surface area contributed by atoms with Crippen molar-refractivity contribution in [3.8, 4) is 11.3 Å². The maximum Gasteiger partial charge on any atom is 0.239 e. The highest BCUT2D eigenvalue weighted by Gasteiger charge is 2.29. The summed E-state index contributed by atoms with van der Waals surface area (Å²) in [4.78, 5) is 16.9. The molecule has 1 N–H and O–H groups in total. The van der Waals surface area contributed by atoms with Gasteiger partial charge in [-0.2, -0.15) is 0 Å². The second-order valence-electron chi connectivity index (χ2n) is 5.79. The van der Waals surface area contributed by atoms with Gasteiger partial charge in [0, 0.05) is 10.9 Å². The zero-order valence-corrected chi connectivity index (χ0v) is 15.1. The number of carbonyl (C=O) groups excluding carboxylic acids is 1. The monoisotopic (exact) mass is 372 g/mol. The van der Waals surface area contributed by atoms with Gasteiger partial charge < -0.3 is 5.32 Å². The zero-order valence-electron chi connectivity index (χ0n) is 13.5. The smallest absolute Gasteiger partial charge is 0.239 e. The molecule has 4 rings (SSSR count). The van der Waals surface area contributed by atoms with Crippen molar-refractivity contribution < 1.29 is 4.79 Å². The number of nitrogens with one attached hydrogen (secondary N) is 1. The maximum atomic E-state index is 12.4. The fourth-order valence-corrected chi connectivity index (χ4v) is 3.88. The number of benzene rings is 1. The van der Waals surface area contributed by atoms with Crippen molar-refractivity contribution in [2.45, 2.75) is 36.2 Å². The minimum absolute atomic E-state index is 0.107. The lowest BCUT2D eigenvalue weighted by molar-refractivity contribution is -0.115. The van der Waals surface area contributed by atoms with Gasteiger partial charge in [0.2, 0.25) is 11.1 Å². The van der Waals surface area contributed by atoms with Crippen molar-refractivity contribution in [2.75, 3.05) is 5.32 Å². The second kappa shape index (κ2) is 6.93. The van der Waals surface area contributed by atoms with Crippen LogP contribution in [0, 0.1) is 0 Å². The topological polar surface area (TPSA) is 85.6 Å². The molecule has 1 saturated carbocycles. The number of amides is 1. The molecule has 1 aromatic carbocycles. The first-order chi connectivity index (χ1) is 12.2. The summed E-state index contributed by atoms with van der Waals surface area (Å²) in [6, 6.07) is 10.3. The SMILES string of the molecule is C[C@@H](Sc1nnnn1C1CC1)C(=O)Nc1nc(-c2ccccc2)cs1. The van der Waals surface area contributed by atoms with Crippen LogP contribution in [0.2, 0.25) is 0 Å². The van der Waals surface area contributed by atoms with Gasteiger partial charge in [-0.1, -0.05) is 42.1 Å². The van der Waals surface area contributed by atoms with E-state index >= 15 is 0 Å². The first-order valence-corrected chi connectivity index (χ1v) is 9.73. The van der Waals surface area contributed by atoms with Crippen LogP contribution in [0.4, 0.5) is 5.13 Å². The molecule has 25 heavy (non-hydrogen) atoms. The molecule has 3 aromatic rings. The van der Waals surface area contributed by atoms with Crippen molar-refractivity contribution >= 4 is 34.1 Å². The number of thiazole rings is 1. The second-order valence-corrected chi connectivity index (χ2v) is 7.96. The number of aromatic nitrogens is 5. The number of anilines is 1. The predicted octanol–water partition coefficient (Wildman–Crippen LogP) is 3.25. The van der Waals surface area contributed by atoms with E-state index in [1.807, 2.05) is 47.3 Å². The van der Waals surface area contributed by atoms with Crippen LogP contribution >= 0.6 is 23.1 Å². The van der Waals surface area contributed by atoms with Gasteiger partial charge in [0.25, 0.3) is 0 Å². The van der Waals surface area contributed by atoms with Crippen molar-refractivity contribution in [1.29, 1.82) is 0 Å². The van der Waals surface area contributed by atoms with Crippen LogP contribution in [0.3, 0.4) is 0 Å². The molecule has 0 aliphatic heterocycles. The first kappa shape index (κ1) is 16.2. The molecule has 1 amide bonds. The molecule has 0 unspecified atom stereocenters. The summed E-state index contributed by atoms with van der Waals surface area (Å²) >= 11 is 2.79. The lowest BCUT2D eigenvalue weighted by Crippen LogP contribution is -2.22. The minimum Gasteiger partial charge on any atom is -0.301 e. The average molecular weight is 372 g/mol. The van der Waals surface area contributed by atoms with Crippen LogP contribution in [0.5, 0.6) is 0 Å². The van der Waals surface area contributed by atoms with Crippen molar-refractivity contribution in [1.82, 2.24) is 25.2 Å². The minimum atomic E-state index is -0.312. The Morgan fingerprint density at radius 1 is 1.36 bits per heavy atom. The molecular formula is C16H16N6OS2. The Morgan fingerprint density at radius 3 is 2.92 bits per heavy atom. The number of thioether (sulfide) groups is 1. The van der Waals surface area contributed by atoms with Gasteiger partial charge in [-0.05, 0) is 30.2 Å². The fourth-order valence-electron chi connectivity index (χ4n) is 2.30. The normalized spacial score (nSPS) is 15.1. The van der Waals surface area contributed by atoms with Crippen LogP contribution in [-0.2, 0) is 4.79 Å². The largest absolute Gasteiger partial charge is 0.301 e. The third-order valence-electron chi connectivity index (χ3n) is 3.81. The van der Waals surface area contributed by atoms with Crippen LogP contribution in [0.1, 0.15) is 25.8 Å². The Balaban J connectivity index is 1.40. The summed E-state index contributed by atoms with van der Waals surface area (Å²) in [5, 5.41) is 17.5. The van der Waals surface area contributed by atoms with Gasteiger partial charge in [-0.3, -0.25) is 4.79 Å². The highest BCUT2D eigenvalue weighted by atomic mass is 32.2. The molecule has 0 bridgehead atoms. The van der Waals surface area contributed by atoms with Gasteiger partial charge >= 0.3 is 0 Å². The standard InChI is InChI=1S/C16H16N6OS2/c1-10(25-16-19-20-21-22(16)12-7-8-12)14(23)18-15-17-13(9-24-15)11-5-3-2-4-6-11/h2-6,9-10,12H,7-8H2,1H3,(H,17,18,23)/t10-/m1/s1. The van der Waals surface area contributed by atoms with Crippen molar-refractivity contribution in [3.05, 3.63) is 35.7 Å². The van der Waals surface area contributed by atoms with E-state index in [-0.39, 0.29) is 11.2 Å². The van der Waals surface area contributed by atoms with Crippen LogP contribution < -0.4 is 5.32 Å². The van der Waals surface area contributed by atoms with E-state index in [1.54, 1.807) is 0 Å². The molecular weight excluding hydrogens is 356 g/mol. The fraction of sp³-hybridized carbons (Fsp3) is 0.312. The highest BCUT2D eigenvalue weighted by Crippen LogP contribution is 2.37. The maximum absolute atomic E-state index is 12.4. The summed E-state index contributed by atoms with van der Waals surface area (Å²) in [5.74, 6) is -0.107. The van der Waals surface area contributed by atoms with E-state index in [2.05, 4.69) is 25.8 Å². The van der Waals surface area contributed by atoms with E-state index in [0.29, 0.717) is 16.3 Å². The molecule has 1 fully saturated rings. The number of rotatable bonds is 6. The summed E-state index contributed by atoms with van der Waals surface area (Å²) < 4.78 is 1.81. The van der Waals surface area contributed by atoms with E-state index < -0.39 is 0 Å². The van der Waals surface area contributed by atoms with Crippen LogP contribution in [0.15, 0.2) is 40.9 Å². The lowest BCUT2D eigenvalue weighted by Gasteiger charge is -2.09. The van der Waals surface area contributed by atoms with Gasteiger partial charge in [-0.25, -0.2) is 9.67 Å². The Labute approximate surface area is 152 Å². The molecule has 1 aliphatic carbocycles. The quantitative estimate of drug-likeness (QED) is 0.669. The number of nitrogens with zero attached hydrogens (tertiary/aromatic N) is 5. The summed E-state index contributed by atoms with van der Waals surface area (Å²) in [7, 11) is 0. The van der Waals surface area contributed by atoms with E-state index in [4.69, 9.17) is 0 Å². The van der Waals surface area contributed by atoms with E-state index in [9.17, 15) is 4.79 Å². The summed E-state index contributed by atoms with van der Waals surface area (Å²) in [6.07, 6.45) is 2.20. The van der Waals surface area contributed by atoms with E-state index in [0.717, 1.165) is 24.1 Å². The molecule has 0 spiro atoms. The first-order valence-electron chi connectivity index (χ1n) is 7.97. The third-order valence-corrected chi connectivity index (χ3v) is 5.62. The summed E-state index contributed by atoms with van der Waals surface area (Å²) in [5.41, 5.74) is 1.89. The van der Waals surface area contributed by atoms with Gasteiger partial charge in [0.05, 0.1) is 17.0 Å². The van der Waals surface area contributed by atoms with Gasteiger partial charge in [0.15, 0.2) is 5.13 Å². The number of hydrogen-bond donors (Lipinski definition) is 1. The number of hydrogen-bond acceptors (Lipinski definition) is 7.